The molecule has 0 aromatic heterocycles. The Balaban J connectivity index is 1.97. The van der Waals surface area contributed by atoms with Crippen molar-refractivity contribution in [3.05, 3.63) is 70.2 Å². The van der Waals surface area contributed by atoms with Crippen LogP contribution in [-0.2, 0) is 5.41 Å². The van der Waals surface area contributed by atoms with Crippen molar-refractivity contribution in [3.63, 3.8) is 0 Å². The molecule has 0 radical (unpaired) electrons. The summed E-state index contributed by atoms with van der Waals surface area (Å²) in [6.07, 6.45) is 1.63. The highest BCUT2D eigenvalue weighted by molar-refractivity contribution is 6.30. The second-order valence-electron chi connectivity index (χ2n) is 6.08. The van der Waals surface area contributed by atoms with Crippen LogP contribution in [0.4, 0.5) is 0 Å². The van der Waals surface area contributed by atoms with E-state index in [0.717, 1.165) is 5.56 Å². The predicted octanol–water partition coefficient (Wildman–Crippen LogP) is 4.40. The molecule has 114 valence electrons. The molecule has 3 nitrogen and oxygen atoms in total. The largest absolute Gasteiger partial charge is 0.271 e. The molecule has 0 bridgehead atoms. The van der Waals surface area contributed by atoms with Gasteiger partial charge in [-0.1, -0.05) is 56.6 Å². The number of hydrazone groups is 1. The van der Waals surface area contributed by atoms with Crippen LogP contribution in [0, 0.1) is 0 Å². The zero-order chi connectivity index (χ0) is 16.2. The van der Waals surface area contributed by atoms with E-state index in [4.69, 9.17) is 11.6 Å². The summed E-state index contributed by atoms with van der Waals surface area (Å²) in [5, 5.41) is 4.57. The van der Waals surface area contributed by atoms with Gasteiger partial charge in [-0.25, -0.2) is 5.43 Å². The van der Waals surface area contributed by atoms with Gasteiger partial charge in [-0.05, 0) is 40.8 Å². The van der Waals surface area contributed by atoms with Crippen LogP contribution in [0.1, 0.15) is 42.3 Å². The van der Waals surface area contributed by atoms with E-state index in [1.807, 2.05) is 12.1 Å². The fourth-order valence-electron chi connectivity index (χ4n) is 1.90. The molecule has 2 aromatic rings. The molecule has 0 heterocycles. The van der Waals surface area contributed by atoms with E-state index in [1.165, 1.54) is 5.56 Å². The standard InChI is InChI=1S/C18H19ClN2O/c1-18(2,3)15-8-4-13(5-9-15)12-20-21-17(22)14-6-10-16(19)11-7-14/h4-12H,1-3H3,(H,21,22)/b20-12+. The number of carbonyl (C=O) groups is 1. The Hall–Kier alpha value is -2.13. The van der Waals surface area contributed by atoms with Gasteiger partial charge in [0.1, 0.15) is 0 Å². The lowest BCUT2D eigenvalue weighted by atomic mass is 9.87. The van der Waals surface area contributed by atoms with E-state index >= 15 is 0 Å². The fraction of sp³-hybridized carbons (Fsp3) is 0.222. The number of benzene rings is 2. The van der Waals surface area contributed by atoms with Crippen LogP contribution < -0.4 is 5.43 Å². The lowest BCUT2D eigenvalue weighted by molar-refractivity contribution is 0.0955. The molecule has 2 rings (SSSR count). The minimum absolute atomic E-state index is 0.123. The number of carbonyl (C=O) groups excluding carboxylic acids is 1. The minimum Gasteiger partial charge on any atom is -0.267 e. The molecule has 0 aliphatic heterocycles. The molecule has 0 spiro atoms. The summed E-state index contributed by atoms with van der Waals surface area (Å²) in [4.78, 5) is 11.9. The summed E-state index contributed by atoms with van der Waals surface area (Å²) < 4.78 is 0. The Labute approximate surface area is 136 Å². The molecular formula is C18H19ClN2O. The van der Waals surface area contributed by atoms with E-state index in [-0.39, 0.29) is 11.3 Å². The maximum Gasteiger partial charge on any atom is 0.271 e. The number of rotatable bonds is 3. The highest BCUT2D eigenvalue weighted by atomic mass is 35.5. The number of amides is 1. The van der Waals surface area contributed by atoms with Crippen molar-refractivity contribution in [2.75, 3.05) is 0 Å². The molecule has 0 unspecified atom stereocenters. The summed E-state index contributed by atoms with van der Waals surface area (Å²) in [7, 11) is 0. The second kappa shape index (κ2) is 6.75. The highest BCUT2D eigenvalue weighted by Crippen LogP contribution is 2.21. The van der Waals surface area contributed by atoms with Crippen molar-refractivity contribution in [1.82, 2.24) is 5.43 Å². The topological polar surface area (TPSA) is 41.5 Å². The van der Waals surface area contributed by atoms with E-state index < -0.39 is 0 Å². The first-order valence-corrected chi connectivity index (χ1v) is 7.43. The number of halogens is 1. The average Bonchev–Trinajstić information content (AvgIpc) is 2.47. The summed E-state index contributed by atoms with van der Waals surface area (Å²) in [6, 6.07) is 14.8. The zero-order valence-electron chi connectivity index (χ0n) is 12.9. The lowest BCUT2D eigenvalue weighted by Gasteiger charge is -2.18. The van der Waals surface area contributed by atoms with Gasteiger partial charge in [-0.15, -0.1) is 0 Å². The molecule has 0 saturated heterocycles. The van der Waals surface area contributed by atoms with E-state index in [9.17, 15) is 4.79 Å². The minimum atomic E-state index is -0.265. The van der Waals surface area contributed by atoms with Gasteiger partial charge < -0.3 is 0 Å². The van der Waals surface area contributed by atoms with E-state index in [2.05, 4.69) is 43.4 Å². The fourth-order valence-corrected chi connectivity index (χ4v) is 2.03. The smallest absolute Gasteiger partial charge is 0.267 e. The quantitative estimate of drug-likeness (QED) is 0.662. The van der Waals surface area contributed by atoms with Gasteiger partial charge in [0, 0.05) is 10.6 Å². The molecule has 1 N–H and O–H groups in total. The van der Waals surface area contributed by atoms with Crippen molar-refractivity contribution in [2.24, 2.45) is 5.10 Å². The van der Waals surface area contributed by atoms with E-state index in [1.54, 1.807) is 30.5 Å². The van der Waals surface area contributed by atoms with Crippen molar-refractivity contribution in [2.45, 2.75) is 26.2 Å². The van der Waals surface area contributed by atoms with Crippen LogP contribution in [0.5, 0.6) is 0 Å². The molecule has 2 aromatic carbocycles. The first-order chi connectivity index (χ1) is 10.4. The Morgan fingerprint density at radius 3 is 2.18 bits per heavy atom. The molecule has 0 fully saturated rings. The molecule has 0 aliphatic rings. The molecular weight excluding hydrogens is 296 g/mol. The maximum atomic E-state index is 11.9. The van der Waals surface area contributed by atoms with Gasteiger partial charge in [0.05, 0.1) is 6.21 Å². The third-order valence-corrected chi connectivity index (χ3v) is 3.51. The first kappa shape index (κ1) is 16.2. The van der Waals surface area contributed by atoms with Crippen LogP contribution in [0.3, 0.4) is 0 Å². The first-order valence-electron chi connectivity index (χ1n) is 7.06. The normalized spacial score (nSPS) is 11.6. The van der Waals surface area contributed by atoms with Crippen LogP contribution >= 0.6 is 11.6 Å². The van der Waals surface area contributed by atoms with Gasteiger partial charge >= 0.3 is 0 Å². The lowest BCUT2D eigenvalue weighted by Crippen LogP contribution is -2.17. The van der Waals surface area contributed by atoms with Gasteiger partial charge in [0.25, 0.3) is 5.91 Å². The van der Waals surface area contributed by atoms with Crippen LogP contribution in [-0.4, -0.2) is 12.1 Å². The van der Waals surface area contributed by atoms with Gasteiger partial charge in [0.2, 0.25) is 0 Å². The van der Waals surface area contributed by atoms with Crippen LogP contribution in [0.25, 0.3) is 0 Å². The molecule has 22 heavy (non-hydrogen) atoms. The molecule has 0 saturated carbocycles. The van der Waals surface area contributed by atoms with Crippen molar-refractivity contribution in [1.29, 1.82) is 0 Å². The Bertz CT molecular complexity index is 668. The summed E-state index contributed by atoms with van der Waals surface area (Å²) in [5.74, 6) is -0.265. The second-order valence-corrected chi connectivity index (χ2v) is 6.51. The van der Waals surface area contributed by atoms with Crippen molar-refractivity contribution >= 4 is 23.7 Å². The van der Waals surface area contributed by atoms with Crippen molar-refractivity contribution in [3.8, 4) is 0 Å². The highest BCUT2D eigenvalue weighted by Gasteiger charge is 2.12. The number of nitrogens with one attached hydrogen (secondary N) is 1. The number of nitrogens with zero attached hydrogens (tertiary/aromatic N) is 1. The summed E-state index contributed by atoms with van der Waals surface area (Å²) in [6.45, 7) is 6.51. The Kier molecular flexibility index (Phi) is 4.99. The Morgan fingerprint density at radius 1 is 1.05 bits per heavy atom. The van der Waals surface area contributed by atoms with Gasteiger partial charge in [-0.2, -0.15) is 5.10 Å². The molecule has 0 aliphatic carbocycles. The zero-order valence-corrected chi connectivity index (χ0v) is 13.7. The average molecular weight is 315 g/mol. The SMILES string of the molecule is CC(C)(C)c1ccc(/C=N/NC(=O)c2ccc(Cl)cc2)cc1. The monoisotopic (exact) mass is 314 g/mol. The van der Waals surface area contributed by atoms with E-state index in [0.29, 0.717) is 10.6 Å². The molecule has 4 heteroatoms. The van der Waals surface area contributed by atoms with Gasteiger partial charge in [-0.3, -0.25) is 4.79 Å². The third-order valence-electron chi connectivity index (χ3n) is 3.26. The maximum absolute atomic E-state index is 11.9. The van der Waals surface area contributed by atoms with Crippen molar-refractivity contribution < 1.29 is 4.79 Å². The van der Waals surface area contributed by atoms with Gasteiger partial charge in [0.15, 0.2) is 0 Å². The number of hydrogen-bond donors (Lipinski definition) is 1. The predicted molar refractivity (Wildman–Crippen MR) is 91.7 cm³/mol. The van der Waals surface area contributed by atoms with Crippen LogP contribution in [0.15, 0.2) is 53.6 Å². The number of hydrogen-bond acceptors (Lipinski definition) is 2. The third kappa shape index (κ3) is 4.43. The molecule has 0 atom stereocenters. The Morgan fingerprint density at radius 2 is 1.64 bits per heavy atom. The molecule has 1 amide bonds. The van der Waals surface area contributed by atoms with Crippen LogP contribution in [0.2, 0.25) is 5.02 Å². The summed E-state index contributed by atoms with van der Waals surface area (Å²) >= 11 is 5.78. The summed E-state index contributed by atoms with van der Waals surface area (Å²) in [5.41, 5.74) is 5.33.